The average Bonchev–Trinajstić information content (AvgIpc) is 3.28. The summed E-state index contributed by atoms with van der Waals surface area (Å²) >= 11 is 0. The Hall–Kier alpha value is -2.32. The molecule has 1 amide bonds. The minimum atomic E-state index is -4.58. The molecule has 0 saturated carbocycles. The number of amides is 1. The lowest BCUT2D eigenvalue weighted by Crippen LogP contribution is -2.45. The lowest BCUT2D eigenvalue weighted by atomic mass is 10.0. The van der Waals surface area contributed by atoms with Gasteiger partial charge in [0.15, 0.2) is 0 Å². The topological polar surface area (TPSA) is 108 Å². The van der Waals surface area contributed by atoms with Crippen LogP contribution in [0.4, 0.5) is 0 Å². The number of phosphoric acid groups is 1. The normalized spacial score (nSPS) is 14.7. The molecular weight excluding hydrogens is 840 g/mol. The van der Waals surface area contributed by atoms with Crippen molar-refractivity contribution in [2.24, 2.45) is 0 Å². The van der Waals surface area contributed by atoms with E-state index in [0.717, 1.165) is 77.0 Å². The van der Waals surface area contributed by atoms with Gasteiger partial charge in [-0.15, -0.1) is 0 Å². The number of hydrogen-bond acceptors (Lipinski definition) is 6. The Bertz CT molecular complexity index is 1350. The summed E-state index contributed by atoms with van der Waals surface area (Å²) in [6, 6.07) is -0.885. The molecule has 0 bridgehead atoms. The molecule has 0 radical (unpaired) electrons. The zero-order chi connectivity index (χ0) is 48.5. The molecule has 2 N–H and O–H groups in total. The molecule has 0 saturated heterocycles. The van der Waals surface area contributed by atoms with Crippen LogP contribution in [-0.2, 0) is 18.4 Å². The van der Waals surface area contributed by atoms with E-state index in [1.807, 2.05) is 27.2 Å². The zero-order valence-electron chi connectivity index (χ0n) is 43.4. The highest BCUT2D eigenvalue weighted by Gasteiger charge is 2.23. The number of nitrogens with zero attached hydrogens (tertiary/aromatic N) is 1. The first-order valence-corrected chi connectivity index (χ1v) is 28.4. The van der Waals surface area contributed by atoms with Crippen molar-refractivity contribution in [3.05, 3.63) is 85.1 Å². The maximum atomic E-state index is 12.8. The summed E-state index contributed by atoms with van der Waals surface area (Å²) in [6.45, 7) is 4.46. The van der Waals surface area contributed by atoms with Crippen LogP contribution in [0.3, 0.4) is 0 Å². The molecule has 0 aliphatic heterocycles. The van der Waals surface area contributed by atoms with Crippen LogP contribution in [0.1, 0.15) is 219 Å². The molecule has 0 aliphatic carbocycles. The highest BCUT2D eigenvalue weighted by molar-refractivity contribution is 7.45. The smallest absolute Gasteiger partial charge is 0.268 e. The first-order chi connectivity index (χ1) is 32.0. The lowest BCUT2D eigenvalue weighted by molar-refractivity contribution is -0.870. The van der Waals surface area contributed by atoms with Crippen LogP contribution in [0.25, 0.3) is 0 Å². The van der Waals surface area contributed by atoms with E-state index < -0.39 is 20.0 Å². The maximum Gasteiger partial charge on any atom is 0.268 e. The van der Waals surface area contributed by atoms with Gasteiger partial charge in [0, 0.05) is 6.42 Å². The van der Waals surface area contributed by atoms with Gasteiger partial charge in [0.1, 0.15) is 13.2 Å². The first-order valence-electron chi connectivity index (χ1n) is 26.9. The van der Waals surface area contributed by atoms with E-state index >= 15 is 0 Å². The summed E-state index contributed by atoms with van der Waals surface area (Å²) in [5.74, 6) is -0.203. The van der Waals surface area contributed by atoms with Gasteiger partial charge in [0.2, 0.25) is 5.91 Å². The number of rotatable bonds is 48. The lowest BCUT2D eigenvalue weighted by Gasteiger charge is -2.29. The van der Waals surface area contributed by atoms with Crippen LogP contribution < -0.4 is 10.2 Å². The number of carbonyl (C=O) groups is 1. The Labute approximate surface area is 407 Å². The summed E-state index contributed by atoms with van der Waals surface area (Å²) in [5, 5.41) is 13.7. The van der Waals surface area contributed by atoms with Crippen molar-refractivity contribution in [1.82, 2.24) is 5.32 Å². The van der Waals surface area contributed by atoms with Gasteiger partial charge in [-0.1, -0.05) is 227 Å². The fourth-order valence-corrected chi connectivity index (χ4v) is 8.11. The molecule has 382 valence electrons. The molecule has 0 heterocycles. The van der Waals surface area contributed by atoms with E-state index in [1.54, 1.807) is 6.08 Å². The third-order valence-corrected chi connectivity index (χ3v) is 12.6. The van der Waals surface area contributed by atoms with Gasteiger partial charge in [0.05, 0.1) is 39.9 Å². The number of aliphatic hydroxyl groups excluding tert-OH is 1. The Balaban J connectivity index is 3.86. The minimum absolute atomic E-state index is 0.00310. The van der Waals surface area contributed by atoms with Gasteiger partial charge in [-0.05, 0) is 70.6 Å². The van der Waals surface area contributed by atoms with Gasteiger partial charge >= 0.3 is 0 Å². The van der Waals surface area contributed by atoms with Gasteiger partial charge in [-0.25, -0.2) is 0 Å². The number of aliphatic hydroxyl groups is 1. The summed E-state index contributed by atoms with van der Waals surface area (Å²) in [5.41, 5.74) is 0. The van der Waals surface area contributed by atoms with Gasteiger partial charge in [-0.2, -0.15) is 0 Å². The van der Waals surface area contributed by atoms with E-state index in [2.05, 4.69) is 92.1 Å². The number of likely N-dealkylation sites (N-methyl/N-ethyl adjacent to an activating group) is 1. The molecule has 0 aromatic rings. The van der Waals surface area contributed by atoms with Crippen LogP contribution in [-0.4, -0.2) is 68.5 Å². The maximum absolute atomic E-state index is 12.8. The van der Waals surface area contributed by atoms with E-state index in [4.69, 9.17) is 9.05 Å². The van der Waals surface area contributed by atoms with Crippen molar-refractivity contribution < 1.29 is 32.9 Å². The number of allylic oxidation sites excluding steroid dienone is 13. The molecule has 3 atom stereocenters. The quantitative estimate of drug-likeness (QED) is 0.0272. The predicted octanol–water partition coefficient (Wildman–Crippen LogP) is 15.5. The minimum Gasteiger partial charge on any atom is -0.756 e. The molecule has 8 nitrogen and oxygen atoms in total. The standard InChI is InChI=1S/C57H103N2O6P/c1-6-8-10-12-14-15-16-17-18-19-20-21-22-23-24-25-26-27-28-29-30-31-32-33-34-35-36-37-38-39-40-41-42-43-45-47-49-51-57(61)58-55(56(60)50-48-46-44-13-11-9-7-2)54-65-66(62,63)64-53-52-59(3,4)5/h8,10,14-15,17-18,20-21,23-24,26-27,48,50,55-56,60H,6-7,9,11-13,16,19,22,25,28-47,49,51-54H2,1-5H3,(H-,58,61,62,63)/b10-8-,15-14-,18-17-,21-20-,24-23-,27-26-,50-48+. The summed E-state index contributed by atoms with van der Waals surface area (Å²) in [7, 11) is 1.25. The molecule has 0 fully saturated rings. The summed E-state index contributed by atoms with van der Waals surface area (Å²) in [4.78, 5) is 25.2. The number of carbonyl (C=O) groups excluding carboxylic acids is 1. The Morgan fingerprint density at radius 2 is 0.924 bits per heavy atom. The van der Waals surface area contributed by atoms with Gasteiger partial charge < -0.3 is 28.8 Å². The van der Waals surface area contributed by atoms with Crippen LogP contribution in [0.2, 0.25) is 0 Å². The monoisotopic (exact) mass is 943 g/mol. The fourth-order valence-electron chi connectivity index (χ4n) is 7.39. The second-order valence-corrected chi connectivity index (χ2v) is 20.6. The van der Waals surface area contributed by atoms with Gasteiger partial charge in [-0.3, -0.25) is 9.36 Å². The van der Waals surface area contributed by atoms with E-state index in [0.29, 0.717) is 17.4 Å². The number of nitrogens with one attached hydrogen (secondary N) is 1. The SMILES string of the molecule is CC/C=C\C/C=C\C/C=C\C/C=C\C/C=C\C/C=C\CCCCCCCCCCCCCCCCCCCCC(=O)NC(COP(=O)([O-])OCC[N+](C)(C)C)C(O)/C=C/CCCCCCC. The number of unbranched alkanes of at least 4 members (excludes halogenated alkanes) is 23. The Morgan fingerprint density at radius 1 is 0.545 bits per heavy atom. The van der Waals surface area contributed by atoms with Gasteiger partial charge in [0.25, 0.3) is 7.82 Å². The summed E-state index contributed by atoms with van der Waals surface area (Å²) in [6.07, 6.45) is 67.0. The summed E-state index contributed by atoms with van der Waals surface area (Å²) < 4.78 is 23.1. The van der Waals surface area contributed by atoms with E-state index in [-0.39, 0.29) is 19.1 Å². The molecule has 0 aliphatic rings. The van der Waals surface area contributed by atoms with Crippen molar-refractivity contribution in [3.8, 4) is 0 Å². The predicted molar refractivity (Wildman–Crippen MR) is 283 cm³/mol. The number of phosphoric ester groups is 1. The largest absolute Gasteiger partial charge is 0.756 e. The second-order valence-electron chi connectivity index (χ2n) is 19.2. The molecule has 0 aromatic heterocycles. The van der Waals surface area contributed by atoms with Crippen LogP contribution in [0.15, 0.2) is 85.1 Å². The molecular formula is C57H103N2O6P. The van der Waals surface area contributed by atoms with E-state index in [9.17, 15) is 19.4 Å². The van der Waals surface area contributed by atoms with Crippen LogP contribution in [0.5, 0.6) is 0 Å². The van der Waals surface area contributed by atoms with E-state index in [1.165, 1.54) is 122 Å². The molecule has 0 aromatic carbocycles. The third kappa shape index (κ3) is 49.6. The highest BCUT2D eigenvalue weighted by atomic mass is 31.2. The van der Waals surface area contributed by atoms with Crippen LogP contribution >= 0.6 is 7.82 Å². The van der Waals surface area contributed by atoms with Crippen LogP contribution in [0, 0.1) is 0 Å². The number of quaternary nitrogens is 1. The van der Waals surface area contributed by atoms with Crippen molar-refractivity contribution in [3.63, 3.8) is 0 Å². The second kappa shape index (κ2) is 47.7. The Morgan fingerprint density at radius 3 is 1.35 bits per heavy atom. The first kappa shape index (κ1) is 63.7. The molecule has 66 heavy (non-hydrogen) atoms. The fraction of sp³-hybridized carbons (Fsp3) is 0.737. The molecule has 0 rings (SSSR count). The highest BCUT2D eigenvalue weighted by Crippen LogP contribution is 2.38. The Kier molecular flexibility index (Phi) is 46.1. The number of hydrogen-bond donors (Lipinski definition) is 2. The van der Waals surface area contributed by atoms with Crippen molar-refractivity contribution >= 4 is 13.7 Å². The average molecular weight is 943 g/mol. The molecule has 3 unspecified atom stereocenters. The zero-order valence-corrected chi connectivity index (χ0v) is 44.3. The van der Waals surface area contributed by atoms with Crippen molar-refractivity contribution in [2.45, 2.75) is 231 Å². The third-order valence-electron chi connectivity index (χ3n) is 11.6. The molecule has 9 heteroatoms. The van der Waals surface area contributed by atoms with Crippen molar-refractivity contribution in [2.75, 3.05) is 40.9 Å². The molecule has 0 spiro atoms. The van der Waals surface area contributed by atoms with Crippen molar-refractivity contribution in [1.29, 1.82) is 0 Å².